The summed E-state index contributed by atoms with van der Waals surface area (Å²) in [5.74, 6) is 0.673. The van der Waals surface area contributed by atoms with Crippen LogP contribution >= 0.6 is 11.3 Å². The monoisotopic (exact) mass is 263 g/mol. The number of methoxy groups -OCH3 is 1. The molecule has 0 aromatic carbocycles. The Morgan fingerprint density at radius 3 is 3.00 bits per heavy atom. The average molecular weight is 263 g/mol. The predicted octanol–water partition coefficient (Wildman–Crippen LogP) is 2.71. The van der Waals surface area contributed by atoms with Gasteiger partial charge in [-0.25, -0.2) is 9.97 Å². The first-order valence-corrected chi connectivity index (χ1v) is 6.72. The first-order chi connectivity index (χ1) is 8.70. The fourth-order valence-electron chi connectivity index (χ4n) is 1.69. The van der Waals surface area contributed by atoms with E-state index in [4.69, 9.17) is 4.74 Å². The number of rotatable bonds is 5. The normalized spacial score (nSPS) is 12.4. The van der Waals surface area contributed by atoms with Crippen LogP contribution in [0.4, 0.5) is 0 Å². The number of aryl methyl sites for hydroxylation is 1. The van der Waals surface area contributed by atoms with Crippen LogP contribution in [-0.2, 0) is 6.54 Å². The lowest BCUT2D eigenvalue weighted by atomic mass is 10.2. The molecule has 0 spiro atoms. The van der Waals surface area contributed by atoms with Gasteiger partial charge in [0, 0.05) is 29.7 Å². The van der Waals surface area contributed by atoms with Gasteiger partial charge >= 0.3 is 0 Å². The van der Waals surface area contributed by atoms with Gasteiger partial charge in [0.25, 0.3) is 0 Å². The summed E-state index contributed by atoms with van der Waals surface area (Å²) in [6, 6.07) is 4.15. The smallest absolute Gasteiger partial charge is 0.217 e. The number of nitrogens with zero attached hydrogens (tertiary/aromatic N) is 2. The minimum atomic E-state index is 0.222. The second-order valence-corrected chi connectivity index (χ2v) is 5.13. The molecule has 0 aliphatic rings. The van der Waals surface area contributed by atoms with Crippen LogP contribution < -0.4 is 10.1 Å². The summed E-state index contributed by atoms with van der Waals surface area (Å²) >= 11 is 1.67. The van der Waals surface area contributed by atoms with Gasteiger partial charge in [0.05, 0.1) is 17.8 Å². The third kappa shape index (κ3) is 3.05. The van der Waals surface area contributed by atoms with Crippen molar-refractivity contribution in [2.75, 3.05) is 7.11 Å². The van der Waals surface area contributed by atoms with Crippen molar-refractivity contribution in [3.63, 3.8) is 0 Å². The molecule has 0 bridgehead atoms. The van der Waals surface area contributed by atoms with Gasteiger partial charge in [-0.05, 0) is 19.9 Å². The largest absolute Gasteiger partial charge is 0.481 e. The van der Waals surface area contributed by atoms with E-state index < -0.39 is 0 Å². The minimum absolute atomic E-state index is 0.222. The van der Waals surface area contributed by atoms with Gasteiger partial charge in [0.15, 0.2) is 0 Å². The van der Waals surface area contributed by atoms with E-state index in [2.05, 4.69) is 27.6 Å². The Hall–Kier alpha value is -1.46. The van der Waals surface area contributed by atoms with Crippen molar-refractivity contribution in [1.82, 2.24) is 15.3 Å². The maximum absolute atomic E-state index is 5.22. The summed E-state index contributed by atoms with van der Waals surface area (Å²) in [6.07, 6.45) is 1.73. The molecule has 2 aromatic heterocycles. The van der Waals surface area contributed by atoms with E-state index in [1.807, 2.05) is 19.1 Å². The molecular formula is C13H17N3OS. The van der Waals surface area contributed by atoms with Gasteiger partial charge in [-0.3, -0.25) is 0 Å². The Morgan fingerprint density at radius 1 is 1.50 bits per heavy atom. The average Bonchev–Trinajstić information content (AvgIpc) is 2.83. The van der Waals surface area contributed by atoms with Crippen LogP contribution in [0.2, 0.25) is 0 Å². The molecule has 1 atom stereocenters. The number of pyridine rings is 1. The van der Waals surface area contributed by atoms with Crippen LogP contribution in [0.15, 0.2) is 23.7 Å². The third-order valence-corrected chi connectivity index (χ3v) is 3.51. The third-order valence-electron chi connectivity index (χ3n) is 2.72. The summed E-state index contributed by atoms with van der Waals surface area (Å²) in [5.41, 5.74) is 2.14. The quantitative estimate of drug-likeness (QED) is 0.901. The highest BCUT2D eigenvalue weighted by atomic mass is 32.1. The maximum Gasteiger partial charge on any atom is 0.217 e. The first-order valence-electron chi connectivity index (χ1n) is 5.84. The van der Waals surface area contributed by atoms with E-state index in [1.165, 1.54) is 0 Å². The zero-order valence-corrected chi connectivity index (χ0v) is 11.6. The van der Waals surface area contributed by atoms with Crippen molar-refractivity contribution in [3.8, 4) is 5.88 Å². The molecule has 2 aromatic rings. The molecule has 4 nitrogen and oxygen atoms in total. The summed E-state index contributed by atoms with van der Waals surface area (Å²) in [4.78, 5) is 8.65. The van der Waals surface area contributed by atoms with Crippen molar-refractivity contribution in [3.05, 3.63) is 40.0 Å². The molecule has 0 aliphatic heterocycles. The van der Waals surface area contributed by atoms with Gasteiger partial charge < -0.3 is 10.1 Å². The number of nitrogens with one attached hydrogen (secondary N) is 1. The first kappa shape index (κ1) is 13.0. The van der Waals surface area contributed by atoms with Gasteiger partial charge in [0.1, 0.15) is 0 Å². The zero-order chi connectivity index (χ0) is 13.0. The van der Waals surface area contributed by atoms with Crippen LogP contribution in [0.3, 0.4) is 0 Å². The van der Waals surface area contributed by atoms with Crippen molar-refractivity contribution in [2.24, 2.45) is 0 Å². The maximum atomic E-state index is 5.22. The molecule has 1 N–H and O–H groups in total. The summed E-state index contributed by atoms with van der Waals surface area (Å²) in [5, 5.41) is 6.61. The molecular weight excluding hydrogens is 246 g/mol. The molecule has 0 aliphatic carbocycles. The van der Waals surface area contributed by atoms with E-state index in [9.17, 15) is 0 Å². The number of hydrogen-bond donors (Lipinski definition) is 1. The number of aromatic nitrogens is 2. The zero-order valence-electron chi connectivity index (χ0n) is 10.8. The van der Waals surface area contributed by atoms with E-state index >= 15 is 0 Å². The summed E-state index contributed by atoms with van der Waals surface area (Å²) < 4.78 is 5.22. The highest BCUT2D eigenvalue weighted by molar-refractivity contribution is 7.09. The number of thiazole rings is 1. The van der Waals surface area contributed by atoms with E-state index in [0.717, 1.165) is 22.8 Å². The van der Waals surface area contributed by atoms with Crippen molar-refractivity contribution >= 4 is 11.3 Å². The fraction of sp³-hybridized carbons (Fsp3) is 0.385. The van der Waals surface area contributed by atoms with E-state index in [0.29, 0.717) is 5.88 Å². The molecule has 0 fully saturated rings. The molecule has 0 saturated carbocycles. The second kappa shape index (κ2) is 5.93. The topological polar surface area (TPSA) is 47.0 Å². The van der Waals surface area contributed by atoms with Gasteiger partial charge in [-0.1, -0.05) is 6.07 Å². The molecule has 2 heterocycles. The predicted molar refractivity (Wildman–Crippen MR) is 72.9 cm³/mol. The Kier molecular flexibility index (Phi) is 4.28. The van der Waals surface area contributed by atoms with Crippen LogP contribution in [0.1, 0.15) is 29.2 Å². The molecule has 1 unspecified atom stereocenters. The fourth-order valence-corrected chi connectivity index (χ4v) is 2.40. The molecule has 18 heavy (non-hydrogen) atoms. The second-order valence-electron chi connectivity index (χ2n) is 4.07. The van der Waals surface area contributed by atoms with Crippen LogP contribution in [0, 0.1) is 6.92 Å². The van der Waals surface area contributed by atoms with Gasteiger partial charge in [0.2, 0.25) is 5.88 Å². The molecule has 96 valence electrons. The van der Waals surface area contributed by atoms with E-state index in [-0.39, 0.29) is 6.04 Å². The highest BCUT2D eigenvalue weighted by Gasteiger charge is 2.10. The molecule has 0 saturated heterocycles. The molecule has 2 rings (SSSR count). The molecule has 5 heteroatoms. The Morgan fingerprint density at radius 2 is 2.33 bits per heavy atom. The van der Waals surface area contributed by atoms with Crippen LogP contribution in [-0.4, -0.2) is 17.1 Å². The van der Waals surface area contributed by atoms with Crippen LogP contribution in [0.5, 0.6) is 5.88 Å². The lowest BCUT2D eigenvalue weighted by molar-refractivity contribution is 0.389. The number of ether oxygens (including phenoxy) is 1. The summed E-state index contributed by atoms with van der Waals surface area (Å²) in [7, 11) is 1.64. The van der Waals surface area contributed by atoms with Crippen LogP contribution in [0.25, 0.3) is 0 Å². The minimum Gasteiger partial charge on any atom is -0.481 e. The SMILES string of the molecule is COc1ncccc1CNC(C)c1csc(C)n1. The van der Waals surface area contributed by atoms with Gasteiger partial charge in [-0.2, -0.15) is 0 Å². The highest BCUT2D eigenvalue weighted by Crippen LogP contribution is 2.18. The van der Waals surface area contributed by atoms with E-state index in [1.54, 1.807) is 24.6 Å². The Labute approximate surface area is 111 Å². The van der Waals surface area contributed by atoms with Gasteiger partial charge in [-0.15, -0.1) is 11.3 Å². The van der Waals surface area contributed by atoms with Crippen molar-refractivity contribution in [1.29, 1.82) is 0 Å². The van der Waals surface area contributed by atoms with Crippen molar-refractivity contribution in [2.45, 2.75) is 26.4 Å². The standard InChI is InChI=1S/C13H17N3OS/c1-9(12-8-18-10(2)16-12)15-7-11-5-4-6-14-13(11)17-3/h4-6,8-9,15H,7H2,1-3H3. The Bertz CT molecular complexity index is 512. The van der Waals surface area contributed by atoms with Crippen molar-refractivity contribution < 1.29 is 4.74 Å². The number of hydrogen-bond acceptors (Lipinski definition) is 5. The summed E-state index contributed by atoms with van der Waals surface area (Å²) in [6.45, 7) is 4.84. The molecule has 0 amide bonds. The lowest BCUT2D eigenvalue weighted by Crippen LogP contribution is -2.19. The molecule has 0 radical (unpaired) electrons. The lowest BCUT2D eigenvalue weighted by Gasteiger charge is -2.13. The Balaban J connectivity index is 1.99.